The molecule has 0 fully saturated rings. The number of hydrogen-bond donors (Lipinski definition) is 1. The summed E-state index contributed by atoms with van der Waals surface area (Å²) in [5, 5.41) is 0. The van der Waals surface area contributed by atoms with Crippen LogP contribution in [0.5, 0.6) is 11.5 Å². The molecule has 0 amide bonds. The van der Waals surface area contributed by atoms with Gasteiger partial charge in [-0.3, -0.25) is 4.72 Å². The van der Waals surface area contributed by atoms with Crippen molar-refractivity contribution in [2.75, 3.05) is 25.0 Å². The molecule has 3 rings (SSSR count). The van der Waals surface area contributed by atoms with E-state index in [1.807, 2.05) is 4.72 Å². The van der Waals surface area contributed by atoms with Crippen molar-refractivity contribution < 1.29 is 36.2 Å². The van der Waals surface area contributed by atoms with E-state index in [0.29, 0.717) is 31.5 Å². The number of fused-ring (bicyclic) bond motifs is 1. The van der Waals surface area contributed by atoms with Crippen molar-refractivity contribution in [3.8, 4) is 11.5 Å². The van der Waals surface area contributed by atoms with Crippen molar-refractivity contribution >= 4 is 21.7 Å². The van der Waals surface area contributed by atoms with Gasteiger partial charge < -0.3 is 14.2 Å². The fourth-order valence-electron chi connectivity index (χ4n) is 2.41. The van der Waals surface area contributed by atoms with E-state index in [2.05, 4.69) is 4.74 Å². The van der Waals surface area contributed by atoms with Crippen molar-refractivity contribution in [2.24, 2.45) is 0 Å². The Kier molecular flexibility index (Phi) is 5.17. The van der Waals surface area contributed by atoms with Gasteiger partial charge in [0.2, 0.25) is 0 Å². The number of anilines is 1. The van der Waals surface area contributed by atoms with Crippen molar-refractivity contribution in [3.63, 3.8) is 0 Å². The molecule has 1 aliphatic rings. The molecular weight excluding hydrogens is 384 g/mol. The number of nitrogens with one attached hydrogen (secondary N) is 1. The number of ether oxygens (including phenoxy) is 3. The van der Waals surface area contributed by atoms with Crippen LogP contribution in [-0.2, 0) is 14.8 Å². The lowest BCUT2D eigenvalue weighted by molar-refractivity contribution is 0.0595. The summed E-state index contributed by atoms with van der Waals surface area (Å²) in [5.74, 6) is -2.78. The van der Waals surface area contributed by atoms with E-state index in [-0.39, 0.29) is 10.6 Å². The number of benzene rings is 2. The Morgan fingerprint density at radius 1 is 1.07 bits per heavy atom. The van der Waals surface area contributed by atoms with Gasteiger partial charge in [-0.2, -0.15) is 0 Å². The number of halogens is 2. The van der Waals surface area contributed by atoms with Gasteiger partial charge in [-0.05, 0) is 18.2 Å². The minimum atomic E-state index is -4.24. The Bertz CT molecular complexity index is 993. The molecule has 1 aliphatic heterocycles. The Morgan fingerprint density at radius 2 is 1.78 bits per heavy atom. The summed E-state index contributed by atoms with van der Waals surface area (Å²) in [7, 11) is -3.22. The maximum absolute atomic E-state index is 14.0. The van der Waals surface area contributed by atoms with Crippen molar-refractivity contribution in [1.29, 1.82) is 0 Å². The molecule has 0 bridgehead atoms. The lowest BCUT2D eigenvalue weighted by atomic mass is 10.2. The molecule has 144 valence electrons. The second-order valence-electron chi connectivity index (χ2n) is 5.57. The first kappa shape index (κ1) is 18.9. The first-order valence-electron chi connectivity index (χ1n) is 7.81. The lowest BCUT2D eigenvalue weighted by Crippen LogP contribution is -2.15. The Hall–Kier alpha value is -2.88. The highest BCUT2D eigenvalue weighted by Crippen LogP contribution is 2.33. The van der Waals surface area contributed by atoms with Gasteiger partial charge in [-0.25, -0.2) is 22.0 Å². The third-order valence-corrected chi connectivity index (χ3v) is 5.10. The van der Waals surface area contributed by atoms with E-state index in [9.17, 15) is 22.0 Å². The second-order valence-corrected chi connectivity index (χ2v) is 7.25. The van der Waals surface area contributed by atoms with Crippen LogP contribution in [0.15, 0.2) is 35.2 Å². The highest BCUT2D eigenvalue weighted by Gasteiger charge is 2.23. The quantitative estimate of drug-likeness (QED) is 0.795. The van der Waals surface area contributed by atoms with Crippen LogP contribution in [0.1, 0.15) is 16.8 Å². The van der Waals surface area contributed by atoms with Crippen LogP contribution < -0.4 is 14.2 Å². The van der Waals surface area contributed by atoms with Crippen LogP contribution in [0.25, 0.3) is 0 Å². The first-order chi connectivity index (χ1) is 12.8. The highest BCUT2D eigenvalue weighted by molar-refractivity contribution is 7.92. The lowest BCUT2D eigenvalue weighted by Gasteiger charge is -2.13. The van der Waals surface area contributed by atoms with Gasteiger partial charge in [0.25, 0.3) is 10.0 Å². The van der Waals surface area contributed by atoms with Crippen LogP contribution in [0.4, 0.5) is 14.5 Å². The molecule has 0 spiro atoms. The summed E-state index contributed by atoms with van der Waals surface area (Å²) in [6.45, 7) is 0.799. The zero-order valence-corrected chi connectivity index (χ0v) is 14.9. The molecule has 2 aromatic carbocycles. The van der Waals surface area contributed by atoms with Gasteiger partial charge in [0.1, 0.15) is 11.6 Å². The largest absolute Gasteiger partial charge is 0.490 e. The van der Waals surface area contributed by atoms with Gasteiger partial charge in [0.15, 0.2) is 11.5 Å². The number of hydrogen-bond acceptors (Lipinski definition) is 6. The molecule has 0 saturated heterocycles. The molecule has 27 heavy (non-hydrogen) atoms. The minimum Gasteiger partial charge on any atom is -0.490 e. The third kappa shape index (κ3) is 3.95. The van der Waals surface area contributed by atoms with Crippen LogP contribution in [0.3, 0.4) is 0 Å². The minimum absolute atomic E-state index is 0.213. The summed E-state index contributed by atoms with van der Waals surface area (Å²) in [4.78, 5) is 11.3. The predicted molar refractivity (Wildman–Crippen MR) is 90.6 cm³/mol. The molecule has 0 atom stereocenters. The van der Waals surface area contributed by atoms with Gasteiger partial charge in [0.05, 0.1) is 36.5 Å². The van der Waals surface area contributed by atoms with E-state index in [1.165, 1.54) is 18.2 Å². The predicted octanol–water partition coefficient (Wildman–Crippen LogP) is 2.71. The number of esters is 1. The van der Waals surface area contributed by atoms with Crippen LogP contribution in [0.2, 0.25) is 0 Å². The van der Waals surface area contributed by atoms with Crippen LogP contribution in [-0.4, -0.2) is 34.7 Å². The molecule has 0 unspecified atom stereocenters. The number of carbonyl (C=O) groups is 1. The van der Waals surface area contributed by atoms with Gasteiger partial charge in [-0.1, -0.05) is 0 Å². The van der Waals surface area contributed by atoms with Crippen molar-refractivity contribution in [1.82, 2.24) is 0 Å². The number of rotatable bonds is 4. The average molecular weight is 399 g/mol. The zero-order chi connectivity index (χ0) is 19.6. The zero-order valence-electron chi connectivity index (χ0n) is 14.1. The summed E-state index contributed by atoms with van der Waals surface area (Å²) in [6.07, 6.45) is 0.645. The van der Waals surface area contributed by atoms with Gasteiger partial charge >= 0.3 is 5.97 Å². The van der Waals surface area contributed by atoms with E-state index in [0.717, 1.165) is 13.2 Å². The second kappa shape index (κ2) is 7.39. The smallest absolute Gasteiger partial charge is 0.340 e. The maximum Gasteiger partial charge on any atom is 0.340 e. The molecule has 1 N–H and O–H groups in total. The molecule has 1 heterocycles. The normalized spacial score (nSPS) is 13.6. The molecule has 0 aromatic heterocycles. The third-order valence-electron chi connectivity index (χ3n) is 3.74. The fourth-order valence-corrected chi connectivity index (χ4v) is 3.48. The molecule has 2 aromatic rings. The van der Waals surface area contributed by atoms with E-state index < -0.39 is 38.9 Å². The SMILES string of the molecule is COC(=O)c1cc(NS(=O)(=O)c2ccc3c(c2)OCCCO3)c(F)cc1F. The molecule has 0 radical (unpaired) electrons. The number of methoxy groups -OCH3 is 1. The average Bonchev–Trinajstić information content (AvgIpc) is 2.88. The monoisotopic (exact) mass is 399 g/mol. The molecule has 0 saturated carbocycles. The summed E-state index contributed by atoms with van der Waals surface area (Å²) in [6, 6.07) is 5.06. The van der Waals surface area contributed by atoms with Crippen LogP contribution >= 0.6 is 0 Å². The summed E-state index contributed by atoms with van der Waals surface area (Å²) >= 11 is 0. The molecule has 10 heteroatoms. The standard InChI is InChI=1S/C17H15F2NO6S/c1-24-17(21)11-8-14(13(19)9-12(11)18)20-27(22,23)10-3-4-15-16(7-10)26-6-2-5-25-15/h3-4,7-9,20H,2,5-6H2,1H3. The highest BCUT2D eigenvalue weighted by atomic mass is 32.2. The summed E-state index contributed by atoms with van der Waals surface area (Å²) in [5.41, 5.74) is -1.20. The number of carbonyl (C=O) groups excluding carboxylic acids is 1. The van der Waals surface area contributed by atoms with Gasteiger partial charge in [-0.15, -0.1) is 0 Å². The van der Waals surface area contributed by atoms with E-state index in [1.54, 1.807) is 0 Å². The topological polar surface area (TPSA) is 90.9 Å². The Morgan fingerprint density at radius 3 is 2.48 bits per heavy atom. The molecular formula is C17H15F2NO6S. The molecule has 7 nitrogen and oxygen atoms in total. The first-order valence-corrected chi connectivity index (χ1v) is 9.30. The molecule has 0 aliphatic carbocycles. The van der Waals surface area contributed by atoms with Crippen LogP contribution in [0, 0.1) is 11.6 Å². The maximum atomic E-state index is 14.0. The Labute approximate surface area is 153 Å². The Balaban J connectivity index is 1.95. The van der Waals surface area contributed by atoms with Crippen molar-refractivity contribution in [3.05, 3.63) is 47.5 Å². The number of sulfonamides is 1. The summed E-state index contributed by atoms with van der Waals surface area (Å²) < 4.78 is 70.1. The van der Waals surface area contributed by atoms with E-state index >= 15 is 0 Å². The van der Waals surface area contributed by atoms with Crippen molar-refractivity contribution in [2.45, 2.75) is 11.3 Å². The fraction of sp³-hybridized carbons (Fsp3) is 0.235. The van der Waals surface area contributed by atoms with Gasteiger partial charge in [0, 0.05) is 18.6 Å². The van der Waals surface area contributed by atoms with E-state index in [4.69, 9.17) is 9.47 Å².